The quantitative estimate of drug-likeness (QED) is 0.493. The maximum atomic E-state index is 11.8. The fourth-order valence-electron chi connectivity index (χ4n) is 1.17. The van der Waals surface area contributed by atoms with E-state index < -0.39 is 25.5 Å². The first kappa shape index (κ1) is 15.0. The molecule has 0 saturated heterocycles. The fraction of sp³-hybridized carbons (Fsp3) is 0.250. The zero-order valence-electron chi connectivity index (χ0n) is 9.68. The molecule has 0 aliphatic heterocycles. The van der Waals surface area contributed by atoms with Gasteiger partial charge in [0.1, 0.15) is 12.4 Å². The Balaban J connectivity index is 2.56. The lowest BCUT2D eigenvalue weighted by Crippen LogP contribution is -2.19. The van der Waals surface area contributed by atoms with Crippen LogP contribution >= 0.6 is 0 Å². The van der Waals surface area contributed by atoms with Gasteiger partial charge in [-0.2, -0.15) is 13.2 Å². The highest BCUT2D eigenvalue weighted by molar-refractivity contribution is 5.85. The molecule has 1 N–H and O–H groups in total. The van der Waals surface area contributed by atoms with E-state index in [9.17, 15) is 18.0 Å². The normalized spacial score (nSPS) is 11.7. The monoisotopic (exact) mass is 276 g/mol. The molecule has 0 unspecified atom stereocenters. The third kappa shape index (κ3) is 6.46. The maximum Gasteiger partial charge on any atom is 0.411 e. The van der Waals surface area contributed by atoms with Gasteiger partial charge in [-0.25, -0.2) is 4.79 Å². The molecule has 0 radical (unpaired) electrons. The van der Waals surface area contributed by atoms with Crippen LogP contribution in [0.4, 0.5) is 13.2 Å². The van der Waals surface area contributed by atoms with E-state index in [-0.39, 0.29) is 5.75 Å². The van der Waals surface area contributed by atoms with Gasteiger partial charge in [-0.3, -0.25) is 0 Å². The van der Waals surface area contributed by atoms with Crippen molar-refractivity contribution in [2.24, 2.45) is 0 Å². The van der Waals surface area contributed by atoms with E-state index >= 15 is 0 Å². The summed E-state index contributed by atoms with van der Waals surface area (Å²) in [5.74, 6) is -0.898. The van der Waals surface area contributed by atoms with Crippen LogP contribution in [0.25, 0.3) is 6.08 Å². The molecule has 0 fully saturated rings. The van der Waals surface area contributed by atoms with Gasteiger partial charge in [-0.15, -0.1) is 0 Å². The minimum atomic E-state index is -4.41. The van der Waals surface area contributed by atoms with Crippen molar-refractivity contribution in [1.29, 1.82) is 0 Å². The summed E-state index contributed by atoms with van der Waals surface area (Å²) < 4.78 is 44.7. The van der Waals surface area contributed by atoms with Crippen molar-refractivity contribution >= 4 is 12.0 Å². The van der Waals surface area contributed by atoms with E-state index in [0.717, 1.165) is 6.08 Å². The van der Waals surface area contributed by atoms with Crippen molar-refractivity contribution < 1.29 is 32.5 Å². The number of rotatable bonds is 6. The summed E-state index contributed by atoms with van der Waals surface area (Å²) in [7, 11) is 0. The van der Waals surface area contributed by atoms with Gasteiger partial charge in [0, 0.05) is 11.6 Å². The number of alkyl halides is 3. The molecule has 0 aliphatic rings. The van der Waals surface area contributed by atoms with Gasteiger partial charge >= 0.3 is 12.1 Å². The van der Waals surface area contributed by atoms with Crippen LogP contribution in [0.2, 0.25) is 0 Å². The number of aliphatic carboxylic acids is 1. The molecule has 0 amide bonds. The van der Waals surface area contributed by atoms with E-state index in [1.807, 2.05) is 0 Å². The van der Waals surface area contributed by atoms with Crippen molar-refractivity contribution in [2.45, 2.75) is 6.18 Å². The Labute approximate surface area is 107 Å². The van der Waals surface area contributed by atoms with E-state index in [4.69, 9.17) is 9.84 Å². The Morgan fingerprint density at radius 3 is 2.63 bits per heavy atom. The van der Waals surface area contributed by atoms with Crippen molar-refractivity contribution in [3.05, 3.63) is 35.9 Å². The maximum absolute atomic E-state index is 11.8. The second kappa shape index (κ2) is 6.79. The second-order valence-electron chi connectivity index (χ2n) is 3.44. The Bertz CT molecular complexity index is 455. The van der Waals surface area contributed by atoms with Crippen LogP contribution in [-0.4, -0.2) is 30.7 Å². The number of carboxylic acid groups (broad SMARTS) is 1. The zero-order chi connectivity index (χ0) is 14.3. The number of hydrogen-bond acceptors (Lipinski definition) is 3. The molecule has 0 heterocycles. The molecule has 1 rings (SSSR count). The van der Waals surface area contributed by atoms with Gasteiger partial charge < -0.3 is 14.6 Å². The third-order valence-corrected chi connectivity index (χ3v) is 1.89. The lowest BCUT2D eigenvalue weighted by Gasteiger charge is -2.10. The summed E-state index contributed by atoms with van der Waals surface area (Å²) >= 11 is 0. The Morgan fingerprint density at radius 2 is 2.00 bits per heavy atom. The first-order valence-electron chi connectivity index (χ1n) is 5.16. The van der Waals surface area contributed by atoms with Gasteiger partial charge in [0.05, 0.1) is 0 Å². The molecular weight excluding hydrogens is 265 g/mol. The highest BCUT2D eigenvalue weighted by Crippen LogP contribution is 2.20. The molecule has 0 aliphatic carbocycles. The molecule has 0 atom stereocenters. The Morgan fingerprint density at radius 1 is 1.32 bits per heavy atom. The lowest BCUT2D eigenvalue weighted by molar-refractivity contribution is -0.186. The van der Waals surface area contributed by atoms with Crippen molar-refractivity contribution in [2.75, 3.05) is 13.4 Å². The molecule has 0 aromatic heterocycles. The van der Waals surface area contributed by atoms with E-state index in [0.29, 0.717) is 5.56 Å². The third-order valence-electron chi connectivity index (χ3n) is 1.89. The SMILES string of the molecule is O=C(O)/C=C/c1ccccc1OCOCC(F)(F)F. The van der Waals surface area contributed by atoms with Gasteiger partial charge in [-0.05, 0) is 12.1 Å². The summed E-state index contributed by atoms with van der Waals surface area (Å²) in [6, 6.07) is 6.32. The number of carboxylic acids is 1. The molecule has 1 aromatic rings. The van der Waals surface area contributed by atoms with Crippen LogP contribution in [-0.2, 0) is 9.53 Å². The zero-order valence-corrected chi connectivity index (χ0v) is 9.68. The standard InChI is InChI=1S/C12H11F3O4/c13-12(14,15)7-18-8-19-10-4-2-1-3-9(10)5-6-11(16)17/h1-6H,7-8H2,(H,16,17)/b6-5+. The summed E-state index contributed by atoms with van der Waals surface area (Å²) in [6.45, 7) is -1.97. The minimum absolute atomic E-state index is 0.238. The van der Waals surface area contributed by atoms with Crippen LogP contribution in [0.15, 0.2) is 30.3 Å². The van der Waals surface area contributed by atoms with Gasteiger partial charge in [0.25, 0.3) is 0 Å². The van der Waals surface area contributed by atoms with Gasteiger partial charge in [-0.1, -0.05) is 18.2 Å². The molecule has 0 spiro atoms. The number of benzene rings is 1. The molecule has 0 bridgehead atoms. The molecule has 7 heteroatoms. The summed E-state index contributed by atoms with van der Waals surface area (Å²) in [4.78, 5) is 10.4. The fourth-order valence-corrected chi connectivity index (χ4v) is 1.17. The number of ether oxygens (including phenoxy) is 2. The van der Waals surface area contributed by atoms with E-state index in [1.165, 1.54) is 12.1 Å². The largest absolute Gasteiger partial charge is 0.478 e. The van der Waals surface area contributed by atoms with Crippen molar-refractivity contribution in [3.8, 4) is 5.75 Å². The number of hydrogen-bond donors (Lipinski definition) is 1. The first-order valence-corrected chi connectivity index (χ1v) is 5.16. The molecular formula is C12H11F3O4. The highest BCUT2D eigenvalue weighted by atomic mass is 19.4. The molecule has 104 valence electrons. The predicted octanol–water partition coefficient (Wildman–Crippen LogP) is 2.70. The topological polar surface area (TPSA) is 55.8 Å². The number of halogens is 3. The molecule has 0 saturated carbocycles. The lowest BCUT2D eigenvalue weighted by atomic mass is 10.2. The van der Waals surface area contributed by atoms with Crippen molar-refractivity contribution in [1.82, 2.24) is 0 Å². The number of para-hydroxylation sites is 1. The molecule has 4 nitrogen and oxygen atoms in total. The molecule has 19 heavy (non-hydrogen) atoms. The van der Waals surface area contributed by atoms with Crippen LogP contribution < -0.4 is 4.74 Å². The first-order chi connectivity index (χ1) is 8.88. The Kier molecular flexibility index (Phi) is 5.37. The van der Waals surface area contributed by atoms with E-state index in [1.54, 1.807) is 18.2 Å². The summed E-state index contributed by atoms with van der Waals surface area (Å²) in [5.41, 5.74) is 0.431. The Hall–Kier alpha value is -2.02. The predicted molar refractivity (Wildman–Crippen MR) is 60.6 cm³/mol. The van der Waals surface area contributed by atoms with Gasteiger partial charge in [0.2, 0.25) is 0 Å². The molecule has 1 aromatic carbocycles. The van der Waals surface area contributed by atoms with Crippen LogP contribution in [0.1, 0.15) is 5.56 Å². The summed E-state index contributed by atoms with van der Waals surface area (Å²) in [5, 5.41) is 8.49. The van der Waals surface area contributed by atoms with Crippen LogP contribution in [0, 0.1) is 0 Å². The van der Waals surface area contributed by atoms with Crippen molar-refractivity contribution in [3.63, 3.8) is 0 Å². The highest BCUT2D eigenvalue weighted by Gasteiger charge is 2.27. The minimum Gasteiger partial charge on any atom is -0.478 e. The van der Waals surface area contributed by atoms with Crippen LogP contribution in [0.5, 0.6) is 5.75 Å². The average Bonchev–Trinajstić information content (AvgIpc) is 2.32. The van der Waals surface area contributed by atoms with Crippen LogP contribution in [0.3, 0.4) is 0 Å². The average molecular weight is 276 g/mol. The smallest absolute Gasteiger partial charge is 0.411 e. The summed E-state index contributed by atoms with van der Waals surface area (Å²) in [6.07, 6.45) is -2.23. The van der Waals surface area contributed by atoms with Gasteiger partial charge in [0.15, 0.2) is 6.79 Å². The number of carbonyl (C=O) groups is 1. The second-order valence-corrected chi connectivity index (χ2v) is 3.44. The van der Waals surface area contributed by atoms with E-state index in [2.05, 4.69) is 4.74 Å².